The maximum absolute atomic E-state index is 16.2. The number of alkyl halides is 1. The number of halogens is 1. The topological polar surface area (TPSA) is 86.4 Å². The Morgan fingerprint density at radius 1 is 0.891 bits per heavy atom. The highest BCUT2D eigenvalue weighted by molar-refractivity contribution is 6.20. The van der Waals surface area contributed by atoms with E-state index in [1.54, 1.807) is 0 Å². The molecule has 0 aromatic rings. The molecule has 46 heavy (non-hydrogen) atoms. The van der Waals surface area contributed by atoms with Crippen LogP contribution < -0.4 is 10.6 Å². The van der Waals surface area contributed by atoms with Crippen LogP contribution in [0.5, 0.6) is 0 Å². The third-order valence-electron chi connectivity index (χ3n) is 13.4. The Morgan fingerprint density at radius 2 is 1.70 bits per heavy atom. The van der Waals surface area contributed by atoms with Crippen molar-refractivity contribution in [1.29, 1.82) is 0 Å². The van der Waals surface area contributed by atoms with Gasteiger partial charge in [-0.1, -0.05) is 19.3 Å². The summed E-state index contributed by atoms with van der Waals surface area (Å²) < 4.78 is 28.8. The number of amides is 1. The zero-order valence-corrected chi connectivity index (χ0v) is 27.6. The maximum atomic E-state index is 16.2. The second-order valence-corrected chi connectivity index (χ2v) is 15.8. The molecule has 9 nitrogen and oxygen atoms in total. The minimum Gasteiger partial charge on any atom is -0.379 e. The standard InChI is InChI=1S/C36H56FN5O4/c37-29-20-27-33-35(32(29)38-8-5-12-41-14-16-45-17-15-41)46-31-19-24-18-23-6-1-2-7-25(23)26(24)21-30(31)42(33)22-28(34(27)43)36(44)39-9-13-40-10-3-4-11-40/h22-27,29-33,35,38H,1-21H2,(H,39,44). The highest BCUT2D eigenvalue weighted by atomic mass is 19.1. The summed E-state index contributed by atoms with van der Waals surface area (Å²) in [4.78, 5) is 34.8. The van der Waals surface area contributed by atoms with Crippen molar-refractivity contribution in [3.8, 4) is 0 Å². The lowest BCUT2D eigenvalue weighted by Gasteiger charge is -2.60. The summed E-state index contributed by atoms with van der Waals surface area (Å²) in [6, 6.07) is -0.529. The molecule has 8 aliphatic rings. The first-order valence-electron chi connectivity index (χ1n) is 18.9. The summed E-state index contributed by atoms with van der Waals surface area (Å²) in [5, 5.41) is 6.65. The molecule has 0 radical (unpaired) electrons. The molecule has 4 saturated carbocycles. The van der Waals surface area contributed by atoms with E-state index in [1.165, 1.54) is 44.9 Å². The molecule has 0 spiro atoms. The van der Waals surface area contributed by atoms with E-state index in [4.69, 9.17) is 9.47 Å². The number of Topliss-reactive ketones (excluding diaryl/α,β-unsaturated/α-hetero) is 1. The van der Waals surface area contributed by atoms with Gasteiger partial charge in [-0.2, -0.15) is 0 Å². The average molecular weight is 642 g/mol. The van der Waals surface area contributed by atoms with Crippen LogP contribution in [-0.2, 0) is 19.1 Å². The van der Waals surface area contributed by atoms with Crippen LogP contribution in [0.2, 0.25) is 0 Å². The molecule has 3 saturated heterocycles. The van der Waals surface area contributed by atoms with Crippen molar-refractivity contribution in [3.63, 3.8) is 0 Å². The lowest BCUT2D eigenvalue weighted by Crippen LogP contribution is -2.73. The number of carbonyl (C=O) groups excluding carboxylic acids is 2. The number of fused-ring (bicyclic) bond motifs is 5. The van der Waals surface area contributed by atoms with Gasteiger partial charge in [0.1, 0.15) is 6.17 Å². The fraction of sp³-hybridized carbons (Fsp3) is 0.889. The Labute approximate surface area is 274 Å². The van der Waals surface area contributed by atoms with Gasteiger partial charge in [-0.3, -0.25) is 14.5 Å². The van der Waals surface area contributed by atoms with E-state index < -0.39 is 24.2 Å². The number of nitrogens with zero attached hydrogens (tertiary/aromatic N) is 3. The summed E-state index contributed by atoms with van der Waals surface area (Å²) in [6.45, 7) is 8.64. The van der Waals surface area contributed by atoms with Crippen molar-refractivity contribution in [2.45, 2.75) is 107 Å². The highest BCUT2D eigenvalue weighted by Gasteiger charge is 2.61. The Kier molecular flexibility index (Phi) is 9.45. The van der Waals surface area contributed by atoms with Gasteiger partial charge >= 0.3 is 0 Å². The third kappa shape index (κ3) is 6.08. The Hall–Kier alpha value is -1.59. The average Bonchev–Trinajstić information content (AvgIpc) is 3.72. The van der Waals surface area contributed by atoms with Crippen LogP contribution >= 0.6 is 0 Å². The number of likely N-dealkylation sites (tertiary alicyclic amines) is 1. The molecule has 4 heterocycles. The second-order valence-electron chi connectivity index (χ2n) is 15.8. The van der Waals surface area contributed by atoms with Crippen molar-refractivity contribution >= 4 is 11.7 Å². The SMILES string of the molecule is O=C(NCCN1CCCC1)C1=CN2C3CC4C(CC5CCCCC54)CC3OC3C(NCCCN4CCOCC4)C(F)CC(C1=O)C32. The number of hydrogen-bond donors (Lipinski definition) is 2. The molecule has 4 aliphatic heterocycles. The van der Waals surface area contributed by atoms with Gasteiger partial charge in [0.15, 0.2) is 5.78 Å². The van der Waals surface area contributed by atoms with Crippen LogP contribution in [0.3, 0.4) is 0 Å². The molecule has 256 valence electrons. The van der Waals surface area contributed by atoms with E-state index in [0.29, 0.717) is 18.4 Å². The molecular formula is C36H56FN5O4. The predicted molar refractivity (Wildman–Crippen MR) is 173 cm³/mol. The molecule has 0 aromatic carbocycles. The molecule has 7 fully saturated rings. The van der Waals surface area contributed by atoms with Crippen molar-refractivity contribution in [2.75, 3.05) is 65.6 Å². The molecule has 1 amide bonds. The minimum atomic E-state index is -1.19. The van der Waals surface area contributed by atoms with Crippen LogP contribution in [0, 0.1) is 29.6 Å². The number of ketones is 1. The van der Waals surface area contributed by atoms with Crippen LogP contribution in [0.15, 0.2) is 11.8 Å². The van der Waals surface area contributed by atoms with Gasteiger partial charge in [0.25, 0.3) is 5.91 Å². The molecule has 0 aromatic heterocycles. The first kappa shape index (κ1) is 31.7. The zero-order chi connectivity index (χ0) is 31.2. The summed E-state index contributed by atoms with van der Waals surface area (Å²) in [6.07, 6.45) is 12.6. The van der Waals surface area contributed by atoms with E-state index >= 15 is 4.39 Å². The zero-order valence-electron chi connectivity index (χ0n) is 27.6. The molecular weight excluding hydrogens is 585 g/mol. The lowest BCUT2D eigenvalue weighted by atomic mass is 9.66. The largest absolute Gasteiger partial charge is 0.379 e. The highest BCUT2D eigenvalue weighted by Crippen LogP contribution is 2.57. The van der Waals surface area contributed by atoms with E-state index in [2.05, 4.69) is 25.3 Å². The van der Waals surface area contributed by atoms with Gasteiger partial charge in [-0.15, -0.1) is 0 Å². The molecule has 4 aliphatic carbocycles. The number of ether oxygens (including phenoxy) is 2. The number of hydrogen-bond acceptors (Lipinski definition) is 8. The molecule has 8 rings (SSSR count). The van der Waals surface area contributed by atoms with Crippen molar-refractivity contribution in [1.82, 2.24) is 25.3 Å². The van der Waals surface area contributed by atoms with Gasteiger partial charge in [-0.05, 0) is 101 Å². The first-order valence-corrected chi connectivity index (χ1v) is 18.9. The summed E-state index contributed by atoms with van der Waals surface area (Å²) >= 11 is 0. The minimum absolute atomic E-state index is 0.00943. The quantitative estimate of drug-likeness (QED) is 0.294. The smallest absolute Gasteiger partial charge is 0.256 e. The van der Waals surface area contributed by atoms with Crippen molar-refractivity contribution in [3.05, 3.63) is 11.8 Å². The van der Waals surface area contributed by atoms with Crippen molar-refractivity contribution < 1.29 is 23.5 Å². The number of nitrogens with one attached hydrogen (secondary N) is 2. The predicted octanol–water partition coefficient (Wildman–Crippen LogP) is 2.75. The van der Waals surface area contributed by atoms with Gasteiger partial charge in [0.2, 0.25) is 0 Å². The second kappa shape index (κ2) is 13.7. The van der Waals surface area contributed by atoms with Gasteiger partial charge in [0.05, 0.1) is 49.1 Å². The normalized spacial score (nSPS) is 42.5. The third-order valence-corrected chi connectivity index (χ3v) is 13.4. The Bertz CT molecular complexity index is 1140. The van der Waals surface area contributed by atoms with E-state index in [9.17, 15) is 9.59 Å². The molecule has 11 unspecified atom stereocenters. The van der Waals surface area contributed by atoms with Crippen molar-refractivity contribution in [2.24, 2.45) is 29.6 Å². The number of morpholine rings is 2. The fourth-order valence-electron chi connectivity index (χ4n) is 11.2. The molecule has 10 heteroatoms. The Balaban J connectivity index is 1.02. The van der Waals surface area contributed by atoms with Crippen LogP contribution in [0.1, 0.15) is 70.6 Å². The van der Waals surface area contributed by atoms with E-state index in [-0.39, 0.29) is 41.9 Å². The van der Waals surface area contributed by atoms with E-state index in [0.717, 1.165) is 90.1 Å². The Morgan fingerprint density at radius 3 is 2.54 bits per heavy atom. The number of rotatable bonds is 9. The summed E-state index contributed by atoms with van der Waals surface area (Å²) in [7, 11) is 0. The first-order chi connectivity index (χ1) is 22.5. The molecule has 0 bridgehead atoms. The van der Waals surface area contributed by atoms with Crippen LogP contribution in [-0.4, -0.2) is 128 Å². The van der Waals surface area contributed by atoms with Crippen LogP contribution in [0.4, 0.5) is 4.39 Å². The monoisotopic (exact) mass is 641 g/mol. The van der Waals surface area contributed by atoms with Gasteiger partial charge in [0, 0.05) is 38.3 Å². The van der Waals surface area contributed by atoms with Crippen LogP contribution in [0.25, 0.3) is 0 Å². The molecule has 11 atom stereocenters. The van der Waals surface area contributed by atoms with E-state index in [1.807, 2.05) is 6.20 Å². The maximum Gasteiger partial charge on any atom is 0.256 e. The van der Waals surface area contributed by atoms with Gasteiger partial charge < -0.3 is 29.9 Å². The summed E-state index contributed by atoms with van der Waals surface area (Å²) in [5.74, 6) is 1.98. The number of carbonyl (C=O) groups is 2. The lowest BCUT2D eigenvalue weighted by molar-refractivity contribution is -0.206. The molecule has 2 N–H and O–H groups in total. The summed E-state index contributed by atoms with van der Waals surface area (Å²) in [5.41, 5.74) is 0.232. The van der Waals surface area contributed by atoms with Gasteiger partial charge in [-0.25, -0.2) is 4.39 Å². The fourth-order valence-corrected chi connectivity index (χ4v) is 11.2.